The molecule has 0 atom stereocenters. The highest BCUT2D eigenvalue weighted by Gasteiger charge is 2.16. The minimum Gasteiger partial charge on any atom is -0.439 e. The van der Waals surface area contributed by atoms with E-state index in [2.05, 4.69) is 15.0 Å². The van der Waals surface area contributed by atoms with Crippen LogP contribution >= 0.6 is 0 Å². The summed E-state index contributed by atoms with van der Waals surface area (Å²) in [5.41, 5.74) is 2.17. The zero-order chi connectivity index (χ0) is 19.6. The van der Waals surface area contributed by atoms with Crippen molar-refractivity contribution in [1.29, 1.82) is 0 Å². The van der Waals surface area contributed by atoms with Crippen LogP contribution in [0.2, 0.25) is 0 Å². The standard InChI is InChI=1S/C22H18FN3O3/c23-19-7-2-1-6-17(19)21-18-8-9-20(24-22(18)29-25-21)28-16-5-3-4-15(14-16)26-10-12-27-13-11-26/h1-9,14H,10-13H2. The lowest BCUT2D eigenvalue weighted by molar-refractivity contribution is 0.122. The molecule has 0 bridgehead atoms. The lowest BCUT2D eigenvalue weighted by Gasteiger charge is -2.29. The predicted molar refractivity (Wildman–Crippen MR) is 107 cm³/mol. The Morgan fingerprint density at radius 2 is 1.83 bits per heavy atom. The summed E-state index contributed by atoms with van der Waals surface area (Å²) in [5, 5.41) is 4.63. The molecule has 0 amide bonds. The van der Waals surface area contributed by atoms with Gasteiger partial charge in [-0.15, -0.1) is 0 Å². The highest BCUT2D eigenvalue weighted by atomic mass is 19.1. The van der Waals surface area contributed by atoms with Crippen LogP contribution in [0.3, 0.4) is 0 Å². The van der Waals surface area contributed by atoms with Crippen LogP contribution in [0, 0.1) is 5.82 Å². The number of anilines is 1. The molecule has 5 rings (SSSR count). The van der Waals surface area contributed by atoms with Gasteiger partial charge in [0.1, 0.15) is 17.3 Å². The first-order valence-electron chi connectivity index (χ1n) is 9.40. The summed E-state index contributed by atoms with van der Waals surface area (Å²) in [6.45, 7) is 3.15. The van der Waals surface area contributed by atoms with E-state index in [-0.39, 0.29) is 5.82 Å². The van der Waals surface area contributed by atoms with E-state index < -0.39 is 0 Å². The van der Waals surface area contributed by atoms with Gasteiger partial charge in [-0.3, -0.25) is 0 Å². The first-order valence-corrected chi connectivity index (χ1v) is 9.40. The van der Waals surface area contributed by atoms with Crippen molar-refractivity contribution in [2.75, 3.05) is 31.2 Å². The van der Waals surface area contributed by atoms with Gasteiger partial charge in [0.25, 0.3) is 5.71 Å². The van der Waals surface area contributed by atoms with Gasteiger partial charge in [0.2, 0.25) is 5.88 Å². The zero-order valence-corrected chi connectivity index (χ0v) is 15.5. The smallest absolute Gasteiger partial charge is 0.261 e. The quantitative estimate of drug-likeness (QED) is 0.504. The Labute approximate surface area is 166 Å². The summed E-state index contributed by atoms with van der Waals surface area (Å²) in [6, 6.07) is 17.8. The Morgan fingerprint density at radius 1 is 0.966 bits per heavy atom. The summed E-state index contributed by atoms with van der Waals surface area (Å²) in [7, 11) is 0. The van der Waals surface area contributed by atoms with Crippen molar-refractivity contribution in [1.82, 2.24) is 10.1 Å². The number of morpholine rings is 1. The monoisotopic (exact) mass is 391 g/mol. The Hall–Kier alpha value is -3.45. The van der Waals surface area contributed by atoms with Crippen LogP contribution < -0.4 is 9.64 Å². The molecule has 1 fully saturated rings. The number of pyridine rings is 1. The molecule has 0 radical (unpaired) electrons. The number of ether oxygens (including phenoxy) is 2. The first-order chi connectivity index (χ1) is 14.3. The predicted octanol–water partition coefficient (Wildman–Crippen LogP) is 4.66. The van der Waals surface area contributed by atoms with Crippen molar-refractivity contribution < 1.29 is 18.4 Å². The Bertz CT molecular complexity index is 1150. The van der Waals surface area contributed by atoms with Gasteiger partial charge in [-0.1, -0.05) is 23.4 Å². The summed E-state index contributed by atoms with van der Waals surface area (Å²) in [6.07, 6.45) is 0. The summed E-state index contributed by atoms with van der Waals surface area (Å²) >= 11 is 0. The highest BCUT2D eigenvalue weighted by molar-refractivity contribution is 5.89. The number of aromatic nitrogens is 2. The Kier molecular flexibility index (Phi) is 4.57. The van der Waals surface area contributed by atoms with E-state index in [1.165, 1.54) is 6.07 Å². The van der Waals surface area contributed by atoms with Crippen molar-refractivity contribution in [2.24, 2.45) is 0 Å². The molecule has 4 aromatic rings. The molecule has 7 heteroatoms. The molecule has 0 unspecified atom stereocenters. The van der Waals surface area contributed by atoms with E-state index in [1.807, 2.05) is 24.3 Å². The van der Waals surface area contributed by atoms with Crippen molar-refractivity contribution in [2.45, 2.75) is 0 Å². The fourth-order valence-electron chi connectivity index (χ4n) is 3.40. The molecule has 3 heterocycles. The van der Waals surface area contributed by atoms with Crippen molar-refractivity contribution in [3.63, 3.8) is 0 Å². The normalized spacial score (nSPS) is 14.3. The lowest BCUT2D eigenvalue weighted by atomic mass is 10.1. The van der Waals surface area contributed by atoms with E-state index in [1.54, 1.807) is 30.3 Å². The van der Waals surface area contributed by atoms with Gasteiger partial charge in [0.15, 0.2) is 0 Å². The second kappa shape index (κ2) is 7.52. The van der Waals surface area contributed by atoms with Crippen molar-refractivity contribution in [3.05, 3.63) is 66.5 Å². The Morgan fingerprint density at radius 3 is 2.69 bits per heavy atom. The summed E-state index contributed by atoms with van der Waals surface area (Å²) in [5.74, 6) is 0.700. The average molecular weight is 391 g/mol. The largest absolute Gasteiger partial charge is 0.439 e. The molecule has 1 aliphatic heterocycles. The molecule has 146 valence electrons. The van der Waals surface area contributed by atoms with Crippen LogP contribution in [0.4, 0.5) is 10.1 Å². The maximum atomic E-state index is 14.1. The van der Waals surface area contributed by atoms with Crippen LogP contribution in [-0.2, 0) is 4.74 Å². The maximum Gasteiger partial charge on any atom is 0.261 e. The fraction of sp³-hybridized carbons (Fsp3) is 0.182. The van der Waals surface area contributed by atoms with E-state index in [0.29, 0.717) is 34.0 Å². The molecule has 0 saturated carbocycles. The molecule has 0 N–H and O–H groups in total. The minimum atomic E-state index is -0.358. The van der Waals surface area contributed by atoms with E-state index in [4.69, 9.17) is 14.0 Å². The van der Waals surface area contributed by atoms with E-state index in [0.717, 1.165) is 32.0 Å². The number of halogens is 1. The second-order valence-electron chi connectivity index (χ2n) is 6.71. The molecule has 29 heavy (non-hydrogen) atoms. The van der Waals surface area contributed by atoms with E-state index in [9.17, 15) is 4.39 Å². The number of fused-ring (bicyclic) bond motifs is 1. The van der Waals surface area contributed by atoms with Gasteiger partial charge in [-0.25, -0.2) is 4.39 Å². The third-order valence-corrected chi connectivity index (χ3v) is 4.86. The molecular weight excluding hydrogens is 373 g/mol. The molecule has 1 aliphatic rings. The van der Waals surface area contributed by atoms with Crippen LogP contribution in [0.15, 0.2) is 65.2 Å². The lowest BCUT2D eigenvalue weighted by Crippen LogP contribution is -2.36. The number of hydrogen-bond acceptors (Lipinski definition) is 6. The number of rotatable bonds is 4. The molecule has 0 spiro atoms. The third-order valence-electron chi connectivity index (χ3n) is 4.86. The Balaban J connectivity index is 1.41. The van der Waals surface area contributed by atoms with Crippen LogP contribution in [0.25, 0.3) is 22.4 Å². The van der Waals surface area contributed by atoms with Gasteiger partial charge in [-0.2, -0.15) is 4.98 Å². The topological polar surface area (TPSA) is 60.6 Å². The van der Waals surface area contributed by atoms with Crippen LogP contribution in [-0.4, -0.2) is 36.4 Å². The summed E-state index contributed by atoms with van der Waals surface area (Å²) in [4.78, 5) is 6.64. The van der Waals surface area contributed by atoms with Crippen molar-refractivity contribution in [3.8, 4) is 22.9 Å². The molecular formula is C22H18FN3O3. The molecule has 2 aromatic heterocycles. The number of benzene rings is 2. The number of hydrogen-bond donors (Lipinski definition) is 0. The first kappa shape index (κ1) is 17.6. The van der Waals surface area contributed by atoms with Crippen LogP contribution in [0.5, 0.6) is 11.6 Å². The van der Waals surface area contributed by atoms with Crippen LogP contribution in [0.1, 0.15) is 0 Å². The molecule has 6 nitrogen and oxygen atoms in total. The van der Waals surface area contributed by atoms with Gasteiger partial charge < -0.3 is 18.9 Å². The summed E-state index contributed by atoms with van der Waals surface area (Å²) < 4.78 is 30.8. The van der Waals surface area contributed by atoms with Gasteiger partial charge >= 0.3 is 0 Å². The highest BCUT2D eigenvalue weighted by Crippen LogP contribution is 2.31. The molecule has 1 saturated heterocycles. The maximum absolute atomic E-state index is 14.1. The van der Waals surface area contributed by atoms with E-state index >= 15 is 0 Å². The minimum absolute atomic E-state index is 0.296. The molecule has 2 aromatic carbocycles. The molecule has 0 aliphatic carbocycles. The third kappa shape index (κ3) is 3.52. The fourth-order valence-corrected chi connectivity index (χ4v) is 3.40. The van der Waals surface area contributed by atoms with Gasteiger partial charge in [-0.05, 0) is 30.3 Å². The van der Waals surface area contributed by atoms with Gasteiger partial charge in [0.05, 0.1) is 18.6 Å². The number of nitrogens with zero attached hydrogens (tertiary/aromatic N) is 3. The second-order valence-corrected chi connectivity index (χ2v) is 6.71. The van der Waals surface area contributed by atoms with Gasteiger partial charge in [0, 0.05) is 36.5 Å². The SMILES string of the molecule is Fc1ccccc1-c1noc2nc(Oc3cccc(N4CCOCC4)c3)ccc12. The average Bonchev–Trinajstić information content (AvgIpc) is 3.18. The van der Waals surface area contributed by atoms with Crippen molar-refractivity contribution >= 4 is 16.8 Å². The zero-order valence-electron chi connectivity index (χ0n) is 15.5.